The molecular weight excluding hydrogens is 208 g/mol. The molecule has 1 rings (SSSR count). The molecule has 6 nitrogen and oxygen atoms in total. The second-order valence-electron chi connectivity index (χ2n) is 3.31. The van der Waals surface area contributed by atoms with E-state index >= 15 is 0 Å². The molecule has 0 aliphatic carbocycles. The van der Waals surface area contributed by atoms with Crippen LogP contribution in [-0.4, -0.2) is 22.4 Å². The Balaban J connectivity index is 2.14. The van der Waals surface area contributed by atoms with Crippen molar-refractivity contribution in [2.45, 2.75) is 25.8 Å². The molecule has 0 aliphatic heterocycles. The van der Waals surface area contributed by atoms with Crippen LogP contribution in [-0.2, 0) is 16.1 Å². The van der Waals surface area contributed by atoms with Crippen LogP contribution in [0.4, 0.5) is 5.69 Å². The molecule has 0 aliphatic rings. The van der Waals surface area contributed by atoms with E-state index in [0.29, 0.717) is 25.1 Å². The molecular formula is C10H14N4O2. The van der Waals surface area contributed by atoms with E-state index in [1.165, 1.54) is 10.9 Å². The lowest BCUT2D eigenvalue weighted by atomic mass is 10.3. The number of carbonyl (C=O) groups excluding carboxylic acids is 1. The van der Waals surface area contributed by atoms with Gasteiger partial charge in [0.2, 0.25) is 0 Å². The summed E-state index contributed by atoms with van der Waals surface area (Å²) < 4.78 is 6.38. The Kier molecular flexibility index (Phi) is 4.86. The fraction of sp³-hybridized carbons (Fsp3) is 0.500. The van der Waals surface area contributed by atoms with Crippen LogP contribution < -0.4 is 5.73 Å². The van der Waals surface area contributed by atoms with E-state index in [-0.39, 0.29) is 12.5 Å². The normalized spacial score (nSPS) is 9.69. The van der Waals surface area contributed by atoms with Gasteiger partial charge in [0.25, 0.3) is 0 Å². The van der Waals surface area contributed by atoms with E-state index in [4.69, 9.17) is 15.7 Å². The van der Waals surface area contributed by atoms with Crippen LogP contribution in [0.25, 0.3) is 0 Å². The number of ether oxygens (including phenoxy) is 1. The summed E-state index contributed by atoms with van der Waals surface area (Å²) >= 11 is 0. The fourth-order valence-corrected chi connectivity index (χ4v) is 1.14. The molecule has 0 atom stereocenters. The molecule has 0 amide bonds. The van der Waals surface area contributed by atoms with E-state index < -0.39 is 0 Å². The molecule has 1 heterocycles. The summed E-state index contributed by atoms with van der Waals surface area (Å²) in [5, 5.41) is 12.2. The number of anilines is 1. The molecule has 16 heavy (non-hydrogen) atoms. The zero-order chi connectivity index (χ0) is 11.8. The van der Waals surface area contributed by atoms with Crippen LogP contribution in [0.5, 0.6) is 0 Å². The van der Waals surface area contributed by atoms with Crippen molar-refractivity contribution in [1.82, 2.24) is 9.78 Å². The van der Waals surface area contributed by atoms with Gasteiger partial charge in [-0.05, 0) is 12.8 Å². The Morgan fingerprint density at radius 2 is 2.44 bits per heavy atom. The minimum Gasteiger partial charge on any atom is -0.464 e. The van der Waals surface area contributed by atoms with Crippen molar-refractivity contribution in [3.05, 3.63) is 12.4 Å². The second kappa shape index (κ2) is 6.45. The molecule has 86 valence electrons. The highest BCUT2D eigenvalue weighted by molar-refractivity contribution is 5.69. The minimum absolute atomic E-state index is 0.0649. The number of nitrogen functional groups attached to an aromatic ring is 1. The minimum atomic E-state index is -0.347. The summed E-state index contributed by atoms with van der Waals surface area (Å²) in [7, 11) is 0. The summed E-state index contributed by atoms with van der Waals surface area (Å²) in [4.78, 5) is 11.3. The lowest BCUT2D eigenvalue weighted by Crippen LogP contribution is -2.14. The van der Waals surface area contributed by atoms with Gasteiger partial charge in [0.1, 0.15) is 6.54 Å². The van der Waals surface area contributed by atoms with E-state index in [2.05, 4.69) is 5.10 Å². The second-order valence-corrected chi connectivity index (χ2v) is 3.31. The zero-order valence-corrected chi connectivity index (χ0v) is 8.93. The number of rotatable bonds is 6. The van der Waals surface area contributed by atoms with Gasteiger partial charge < -0.3 is 10.5 Å². The van der Waals surface area contributed by atoms with Crippen molar-refractivity contribution in [3.8, 4) is 6.07 Å². The van der Waals surface area contributed by atoms with Crippen molar-refractivity contribution in [1.29, 1.82) is 5.26 Å². The number of esters is 1. The Bertz CT molecular complexity index is 380. The first-order chi connectivity index (χ1) is 7.72. The SMILES string of the molecule is N#CCCCCOC(=O)Cn1cc(N)cn1. The Morgan fingerprint density at radius 3 is 3.06 bits per heavy atom. The maximum absolute atomic E-state index is 11.3. The van der Waals surface area contributed by atoms with Gasteiger partial charge in [0.05, 0.1) is 24.6 Å². The first kappa shape index (κ1) is 12.0. The van der Waals surface area contributed by atoms with Gasteiger partial charge >= 0.3 is 5.97 Å². The molecule has 2 N–H and O–H groups in total. The van der Waals surface area contributed by atoms with Gasteiger partial charge in [-0.2, -0.15) is 10.4 Å². The quantitative estimate of drug-likeness (QED) is 0.564. The van der Waals surface area contributed by atoms with Gasteiger partial charge in [0, 0.05) is 12.6 Å². The highest BCUT2D eigenvalue weighted by Crippen LogP contribution is 1.99. The summed E-state index contributed by atoms with van der Waals surface area (Å²) in [6, 6.07) is 2.03. The molecule has 0 fully saturated rings. The summed E-state index contributed by atoms with van der Waals surface area (Å²) in [5.74, 6) is -0.347. The van der Waals surface area contributed by atoms with Crippen molar-refractivity contribution in [3.63, 3.8) is 0 Å². The highest BCUT2D eigenvalue weighted by Gasteiger charge is 2.04. The van der Waals surface area contributed by atoms with Crippen LogP contribution in [0, 0.1) is 11.3 Å². The zero-order valence-electron chi connectivity index (χ0n) is 8.93. The van der Waals surface area contributed by atoms with Crippen molar-refractivity contribution in [2.24, 2.45) is 0 Å². The number of nitrogens with zero attached hydrogens (tertiary/aromatic N) is 3. The molecule has 1 aromatic rings. The number of aromatic nitrogens is 2. The molecule has 0 bridgehead atoms. The number of unbranched alkanes of at least 4 members (excludes halogenated alkanes) is 2. The third-order valence-electron chi connectivity index (χ3n) is 1.89. The molecule has 0 radical (unpaired) electrons. The fourth-order valence-electron chi connectivity index (χ4n) is 1.14. The van der Waals surface area contributed by atoms with Gasteiger partial charge in [-0.3, -0.25) is 9.48 Å². The van der Waals surface area contributed by atoms with Crippen molar-refractivity contribution < 1.29 is 9.53 Å². The van der Waals surface area contributed by atoms with Crippen LogP contribution in [0.15, 0.2) is 12.4 Å². The van der Waals surface area contributed by atoms with Gasteiger partial charge in [-0.15, -0.1) is 0 Å². The molecule has 0 spiro atoms. The van der Waals surface area contributed by atoms with Crippen LogP contribution >= 0.6 is 0 Å². The number of hydrogen-bond acceptors (Lipinski definition) is 5. The summed E-state index contributed by atoms with van der Waals surface area (Å²) in [6.45, 7) is 0.409. The third-order valence-corrected chi connectivity index (χ3v) is 1.89. The lowest BCUT2D eigenvalue weighted by Gasteiger charge is -2.03. The first-order valence-electron chi connectivity index (χ1n) is 5.03. The largest absolute Gasteiger partial charge is 0.464 e. The molecule has 0 unspecified atom stereocenters. The number of nitrogens with two attached hydrogens (primary N) is 1. The average molecular weight is 222 g/mol. The predicted octanol–water partition coefficient (Wildman–Crippen LogP) is 0.702. The van der Waals surface area contributed by atoms with Crippen LogP contribution in [0.2, 0.25) is 0 Å². The number of nitriles is 1. The van der Waals surface area contributed by atoms with Crippen molar-refractivity contribution in [2.75, 3.05) is 12.3 Å². The average Bonchev–Trinajstić information content (AvgIpc) is 2.63. The molecule has 6 heteroatoms. The van der Waals surface area contributed by atoms with Crippen molar-refractivity contribution >= 4 is 11.7 Å². The monoisotopic (exact) mass is 222 g/mol. The standard InChI is InChI=1S/C10H14N4O2/c11-4-2-1-3-5-16-10(15)8-14-7-9(12)6-13-14/h6-7H,1-3,5,8,12H2. The lowest BCUT2D eigenvalue weighted by molar-refractivity contribution is -0.144. The maximum Gasteiger partial charge on any atom is 0.327 e. The smallest absolute Gasteiger partial charge is 0.327 e. The van der Waals surface area contributed by atoms with E-state index in [1.807, 2.05) is 6.07 Å². The number of carbonyl (C=O) groups is 1. The first-order valence-corrected chi connectivity index (χ1v) is 5.03. The molecule has 0 saturated carbocycles. The van der Waals surface area contributed by atoms with E-state index in [1.54, 1.807) is 6.20 Å². The maximum atomic E-state index is 11.3. The molecule has 0 aromatic carbocycles. The van der Waals surface area contributed by atoms with Crippen LogP contribution in [0.1, 0.15) is 19.3 Å². The van der Waals surface area contributed by atoms with E-state index in [0.717, 1.165) is 6.42 Å². The number of hydrogen-bond donors (Lipinski definition) is 1. The predicted molar refractivity (Wildman–Crippen MR) is 57.1 cm³/mol. The highest BCUT2D eigenvalue weighted by atomic mass is 16.5. The Labute approximate surface area is 93.6 Å². The Hall–Kier alpha value is -2.03. The van der Waals surface area contributed by atoms with Gasteiger partial charge in [-0.1, -0.05) is 0 Å². The summed E-state index contributed by atoms with van der Waals surface area (Å²) in [6.07, 6.45) is 4.99. The molecule has 0 saturated heterocycles. The third kappa shape index (κ3) is 4.46. The molecule has 1 aromatic heterocycles. The van der Waals surface area contributed by atoms with E-state index in [9.17, 15) is 4.79 Å². The summed E-state index contributed by atoms with van der Waals surface area (Å²) in [5.41, 5.74) is 5.96. The topological polar surface area (TPSA) is 93.9 Å². The van der Waals surface area contributed by atoms with Gasteiger partial charge in [-0.25, -0.2) is 0 Å². The Morgan fingerprint density at radius 1 is 1.62 bits per heavy atom. The van der Waals surface area contributed by atoms with Crippen LogP contribution in [0.3, 0.4) is 0 Å². The van der Waals surface area contributed by atoms with Gasteiger partial charge in [0.15, 0.2) is 0 Å².